The summed E-state index contributed by atoms with van der Waals surface area (Å²) in [6.07, 6.45) is 8.33. The maximum Gasteiger partial charge on any atom is 0.475 e. The molecule has 1 aromatic carbocycles. The van der Waals surface area contributed by atoms with Crippen LogP contribution in [0.5, 0.6) is 0 Å². The lowest BCUT2D eigenvalue weighted by atomic mass is 9.76. The van der Waals surface area contributed by atoms with Crippen molar-refractivity contribution in [3.05, 3.63) is 90.3 Å². The van der Waals surface area contributed by atoms with Crippen LogP contribution in [-0.2, 0) is 22.6 Å². The quantitative estimate of drug-likeness (QED) is 0.206. The number of aromatic nitrogens is 3. The fraction of sp³-hybridized carbons (Fsp3) is 0.280. The highest BCUT2D eigenvalue weighted by molar-refractivity contribution is 6.43. The van der Waals surface area contributed by atoms with E-state index in [9.17, 15) is 24.4 Å². The van der Waals surface area contributed by atoms with Gasteiger partial charge in [-0.1, -0.05) is 36.4 Å². The summed E-state index contributed by atoms with van der Waals surface area (Å²) in [5.74, 6) is -2.91. The van der Waals surface area contributed by atoms with Crippen molar-refractivity contribution in [2.45, 2.75) is 44.2 Å². The normalized spacial score (nSPS) is 12.2. The third-order valence-corrected chi connectivity index (χ3v) is 5.53. The van der Waals surface area contributed by atoms with Gasteiger partial charge in [0.2, 0.25) is 11.8 Å². The molecule has 0 aliphatic rings. The Morgan fingerprint density at radius 3 is 2.32 bits per heavy atom. The fourth-order valence-electron chi connectivity index (χ4n) is 3.57. The number of benzene rings is 1. The molecule has 2 heterocycles. The first-order valence-corrected chi connectivity index (χ1v) is 11.9. The number of pyridine rings is 1. The summed E-state index contributed by atoms with van der Waals surface area (Å²) in [6, 6.07) is 11.9. The van der Waals surface area contributed by atoms with Gasteiger partial charge in [0.25, 0.3) is 5.91 Å². The molecule has 0 spiro atoms. The second-order valence-corrected chi connectivity index (χ2v) is 8.37. The molecule has 2 aromatic heterocycles. The number of hydrogen-bond acceptors (Lipinski definition) is 8. The van der Waals surface area contributed by atoms with Gasteiger partial charge in [-0.2, -0.15) is 0 Å². The van der Waals surface area contributed by atoms with Gasteiger partial charge in [0.1, 0.15) is 11.7 Å². The van der Waals surface area contributed by atoms with E-state index in [2.05, 4.69) is 30.9 Å². The predicted molar refractivity (Wildman–Crippen MR) is 135 cm³/mol. The first kappa shape index (κ1) is 27.4. The predicted octanol–water partition coefficient (Wildman–Crippen LogP) is 0.196. The SMILES string of the molecule is O=C(C[C@@H](NC(=O)c1cnccn1)C(=O)N[C@@H](CCCc1ccccc1)B(O)O)NCc1cccnc1. The molecule has 0 saturated carbocycles. The van der Waals surface area contributed by atoms with Crippen LogP contribution in [0.25, 0.3) is 0 Å². The van der Waals surface area contributed by atoms with Crippen molar-refractivity contribution in [3.63, 3.8) is 0 Å². The molecule has 37 heavy (non-hydrogen) atoms. The van der Waals surface area contributed by atoms with Crippen molar-refractivity contribution in [3.8, 4) is 0 Å². The largest absolute Gasteiger partial charge is 0.475 e. The van der Waals surface area contributed by atoms with E-state index in [-0.39, 0.29) is 25.1 Å². The molecule has 3 amide bonds. The van der Waals surface area contributed by atoms with Crippen LogP contribution in [0.1, 0.15) is 40.9 Å². The summed E-state index contributed by atoms with van der Waals surface area (Å²) in [5.41, 5.74) is 1.82. The Morgan fingerprint density at radius 2 is 1.65 bits per heavy atom. The lowest BCUT2D eigenvalue weighted by molar-refractivity contribution is -0.128. The van der Waals surface area contributed by atoms with E-state index in [0.29, 0.717) is 12.8 Å². The van der Waals surface area contributed by atoms with E-state index in [4.69, 9.17) is 0 Å². The molecule has 0 fully saturated rings. The zero-order chi connectivity index (χ0) is 26.5. The summed E-state index contributed by atoms with van der Waals surface area (Å²) in [5, 5.41) is 27.4. The second-order valence-electron chi connectivity index (χ2n) is 8.37. The Bertz CT molecular complexity index is 1140. The molecule has 192 valence electrons. The minimum atomic E-state index is -1.82. The summed E-state index contributed by atoms with van der Waals surface area (Å²) in [6.45, 7) is 0.191. The maximum atomic E-state index is 13.1. The van der Waals surface area contributed by atoms with Crippen molar-refractivity contribution in [1.82, 2.24) is 30.9 Å². The second kappa shape index (κ2) is 14.4. The van der Waals surface area contributed by atoms with Crippen molar-refractivity contribution in [1.29, 1.82) is 0 Å². The minimum absolute atomic E-state index is 0.0299. The molecule has 0 saturated heterocycles. The molecule has 0 aliphatic carbocycles. The molecule has 5 N–H and O–H groups in total. The van der Waals surface area contributed by atoms with Crippen LogP contribution < -0.4 is 16.0 Å². The van der Waals surface area contributed by atoms with Gasteiger partial charge in [-0.3, -0.25) is 24.4 Å². The van der Waals surface area contributed by atoms with E-state index in [1.807, 2.05) is 30.3 Å². The van der Waals surface area contributed by atoms with Crippen LogP contribution in [0.4, 0.5) is 0 Å². The molecule has 0 unspecified atom stereocenters. The van der Waals surface area contributed by atoms with Gasteiger partial charge in [-0.25, -0.2) is 4.98 Å². The van der Waals surface area contributed by atoms with Crippen LogP contribution in [-0.4, -0.2) is 61.8 Å². The number of carbonyl (C=O) groups is 3. The third kappa shape index (κ3) is 9.43. The summed E-state index contributed by atoms with van der Waals surface area (Å²) >= 11 is 0. The van der Waals surface area contributed by atoms with Crippen LogP contribution in [0.3, 0.4) is 0 Å². The van der Waals surface area contributed by atoms with Crippen molar-refractivity contribution in [2.75, 3.05) is 0 Å². The van der Waals surface area contributed by atoms with Crippen LogP contribution in [0.15, 0.2) is 73.4 Å². The minimum Gasteiger partial charge on any atom is -0.426 e. The monoisotopic (exact) mass is 504 g/mol. The van der Waals surface area contributed by atoms with E-state index in [1.165, 1.54) is 18.6 Å². The molecule has 0 aliphatic heterocycles. The molecule has 2 atom stereocenters. The van der Waals surface area contributed by atoms with Gasteiger partial charge in [0, 0.05) is 31.3 Å². The summed E-state index contributed by atoms with van der Waals surface area (Å²) in [7, 11) is -1.82. The lowest BCUT2D eigenvalue weighted by Gasteiger charge is -2.23. The Hall–Kier alpha value is -4.16. The summed E-state index contributed by atoms with van der Waals surface area (Å²) in [4.78, 5) is 50.1. The number of carbonyl (C=O) groups excluding carboxylic acids is 3. The zero-order valence-corrected chi connectivity index (χ0v) is 20.2. The summed E-state index contributed by atoms with van der Waals surface area (Å²) < 4.78 is 0. The average Bonchev–Trinajstić information content (AvgIpc) is 2.92. The number of amides is 3. The molecule has 12 heteroatoms. The number of aryl methyl sites for hydroxylation is 1. The van der Waals surface area contributed by atoms with Gasteiger partial charge in [-0.05, 0) is 36.5 Å². The van der Waals surface area contributed by atoms with Gasteiger partial charge >= 0.3 is 7.12 Å². The molecule has 11 nitrogen and oxygen atoms in total. The van der Waals surface area contributed by atoms with Crippen LogP contribution in [0.2, 0.25) is 0 Å². The van der Waals surface area contributed by atoms with Gasteiger partial charge in [0.15, 0.2) is 0 Å². The Balaban J connectivity index is 1.63. The van der Waals surface area contributed by atoms with Crippen LogP contribution in [0, 0.1) is 0 Å². The fourth-order valence-corrected chi connectivity index (χ4v) is 3.57. The molecular formula is C25H29BN6O5. The van der Waals surface area contributed by atoms with Crippen molar-refractivity contribution < 1.29 is 24.4 Å². The van der Waals surface area contributed by atoms with E-state index in [1.54, 1.807) is 24.5 Å². The molecule has 3 rings (SSSR count). The number of rotatable bonds is 13. The highest BCUT2D eigenvalue weighted by Crippen LogP contribution is 2.08. The third-order valence-electron chi connectivity index (χ3n) is 5.53. The highest BCUT2D eigenvalue weighted by Gasteiger charge is 2.30. The zero-order valence-electron chi connectivity index (χ0n) is 20.2. The van der Waals surface area contributed by atoms with Gasteiger partial charge in [-0.15, -0.1) is 0 Å². The van der Waals surface area contributed by atoms with Crippen molar-refractivity contribution in [2.24, 2.45) is 0 Å². The Kier molecular flexibility index (Phi) is 10.7. The molecule has 0 radical (unpaired) electrons. The number of nitrogens with zero attached hydrogens (tertiary/aromatic N) is 3. The highest BCUT2D eigenvalue weighted by atomic mass is 16.4. The van der Waals surface area contributed by atoms with E-state index < -0.39 is 36.8 Å². The smallest absolute Gasteiger partial charge is 0.426 e. The molecule has 3 aromatic rings. The first-order valence-electron chi connectivity index (χ1n) is 11.9. The van der Waals surface area contributed by atoms with Gasteiger partial charge in [0.05, 0.1) is 18.6 Å². The topological polar surface area (TPSA) is 166 Å². The Labute approximate surface area is 214 Å². The van der Waals surface area contributed by atoms with E-state index in [0.717, 1.165) is 11.1 Å². The number of nitrogens with one attached hydrogen (secondary N) is 3. The molecule has 0 bridgehead atoms. The average molecular weight is 504 g/mol. The molecular weight excluding hydrogens is 475 g/mol. The maximum absolute atomic E-state index is 13.1. The standard InChI is InChI=1S/C25H29BN6O5/c33-23(30-16-19-9-5-11-27-15-19)14-20(31-25(35)21-17-28-12-13-29-21)24(34)32-22(26(36)37)10-4-8-18-6-2-1-3-7-18/h1-3,5-7,9,11-13,15,17,20,22,36-37H,4,8,10,14,16H2,(H,30,33)(H,31,35)(H,32,34)/t20-,22+/m1/s1. The van der Waals surface area contributed by atoms with Crippen molar-refractivity contribution >= 4 is 24.8 Å². The van der Waals surface area contributed by atoms with Crippen LogP contribution >= 0.6 is 0 Å². The first-order chi connectivity index (χ1) is 17.9. The Morgan fingerprint density at radius 1 is 0.892 bits per heavy atom. The lowest BCUT2D eigenvalue weighted by Crippen LogP contribution is -2.55. The van der Waals surface area contributed by atoms with E-state index >= 15 is 0 Å². The number of hydrogen-bond donors (Lipinski definition) is 5. The van der Waals surface area contributed by atoms with Gasteiger partial charge < -0.3 is 26.0 Å².